The Morgan fingerprint density at radius 1 is 1.18 bits per heavy atom. The summed E-state index contributed by atoms with van der Waals surface area (Å²) in [5.41, 5.74) is 0.635. The first-order chi connectivity index (χ1) is 10.7. The van der Waals surface area contributed by atoms with Crippen LogP contribution in [0.2, 0.25) is 5.02 Å². The summed E-state index contributed by atoms with van der Waals surface area (Å²) in [5.74, 6) is 1.41. The summed E-state index contributed by atoms with van der Waals surface area (Å²) in [6, 6.07) is 14.1. The van der Waals surface area contributed by atoms with Crippen LogP contribution in [0.1, 0.15) is 0 Å². The number of halogens is 1. The number of rotatable bonds is 3. The van der Waals surface area contributed by atoms with E-state index in [1.54, 1.807) is 24.3 Å². The van der Waals surface area contributed by atoms with Gasteiger partial charge in [-0.2, -0.15) is 0 Å². The van der Waals surface area contributed by atoms with Crippen molar-refractivity contribution in [1.82, 2.24) is 5.32 Å². The number of fused-ring (bicyclic) bond motifs is 1. The van der Waals surface area contributed by atoms with Crippen molar-refractivity contribution in [3.8, 4) is 11.5 Å². The van der Waals surface area contributed by atoms with Crippen molar-refractivity contribution >= 4 is 23.3 Å². The van der Waals surface area contributed by atoms with Crippen LogP contribution in [0.15, 0.2) is 48.5 Å². The normalized spacial score (nSPS) is 16.0. The summed E-state index contributed by atoms with van der Waals surface area (Å²) in [5, 5.41) is 6.03. The Labute approximate surface area is 133 Å². The summed E-state index contributed by atoms with van der Waals surface area (Å²) in [4.78, 5) is 11.9. The zero-order chi connectivity index (χ0) is 15.4. The first kappa shape index (κ1) is 14.5. The summed E-state index contributed by atoms with van der Waals surface area (Å²) >= 11 is 5.87. The second-order valence-electron chi connectivity index (χ2n) is 4.84. The van der Waals surface area contributed by atoms with Crippen molar-refractivity contribution in [3.05, 3.63) is 53.6 Å². The molecule has 0 spiro atoms. The van der Waals surface area contributed by atoms with E-state index in [1.165, 1.54) is 0 Å². The number of carbonyl (C=O) groups excluding carboxylic acids is 1. The predicted octanol–water partition coefficient (Wildman–Crippen LogP) is 3.30. The number of benzene rings is 2. The largest absolute Gasteiger partial charge is 0.486 e. The van der Waals surface area contributed by atoms with Crippen molar-refractivity contribution in [2.24, 2.45) is 0 Å². The molecule has 1 aliphatic heterocycles. The molecular weight excluding hydrogens is 304 g/mol. The SMILES string of the molecule is O=C(NC[C@@H]1COc2ccccc2O1)Nc1cccc(Cl)c1. The van der Waals surface area contributed by atoms with E-state index in [0.29, 0.717) is 29.6 Å². The van der Waals surface area contributed by atoms with Crippen LogP contribution in [0.4, 0.5) is 10.5 Å². The van der Waals surface area contributed by atoms with Gasteiger partial charge < -0.3 is 20.1 Å². The minimum atomic E-state index is -0.315. The fourth-order valence-electron chi connectivity index (χ4n) is 2.11. The van der Waals surface area contributed by atoms with Crippen LogP contribution >= 0.6 is 11.6 Å². The second kappa shape index (κ2) is 6.58. The fraction of sp³-hybridized carbons (Fsp3) is 0.188. The van der Waals surface area contributed by atoms with Crippen LogP contribution in [0, 0.1) is 0 Å². The smallest absolute Gasteiger partial charge is 0.319 e. The Balaban J connectivity index is 1.50. The van der Waals surface area contributed by atoms with E-state index in [1.807, 2.05) is 24.3 Å². The molecule has 2 amide bonds. The number of para-hydroxylation sites is 2. The highest BCUT2D eigenvalue weighted by molar-refractivity contribution is 6.30. The molecule has 0 bridgehead atoms. The average molecular weight is 319 g/mol. The molecule has 0 aliphatic carbocycles. The third-order valence-electron chi connectivity index (χ3n) is 3.14. The number of carbonyl (C=O) groups is 1. The van der Waals surface area contributed by atoms with Crippen molar-refractivity contribution in [3.63, 3.8) is 0 Å². The number of urea groups is 1. The Morgan fingerprint density at radius 3 is 2.82 bits per heavy atom. The van der Waals surface area contributed by atoms with Crippen LogP contribution in [0.3, 0.4) is 0 Å². The van der Waals surface area contributed by atoms with Gasteiger partial charge in [0.25, 0.3) is 0 Å². The van der Waals surface area contributed by atoms with Gasteiger partial charge in [0.2, 0.25) is 0 Å². The zero-order valence-electron chi connectivity index (χ0n) is 11.7. The minimum Gasteiger partial charge on any atom is -0.486 e. The molecule has 5 nitrogen and oxygen atoms in total. The van der Waals surface area contributed by atoms with Crippen LogP contribution in [-0.2, 0) is 0 Å². The highest BCUT2D eigenvalue weighted by Gasteiger charge is 2.20. The number of ether oxygens (including phenoxy) is 2. The van der Waals surface area contributed by atoms with Crippen molar-refractivity contribution < 1.29 is 14.3 Å². The maximum absolute atomic E-state index is 11.9. The molecule has 114 valence electrons. The molecule has 1 heterocycles. The topological polar surface area (TPSA) is 59.6 Å². The van der Waals surface area contributed by atoms with E-state index in [0.717, 1.165) is 5.75 Å². The first-order valence-corrected chi connectivity index (χ1v) is 7.27. The molecule has 3 rings (SSSR count). The van der Waals surface area contributed by atoms with Crippen molar-refractivity contribution in [1.29, 1.82) is 0 Å². The summed E-state index contributed by atoms with van der Waals surface area (Å²) in [7, 11) is 0. The standard InChI is InChI=1S/C16H15ClN2O3/c17-11-4-3-5-12(8-11)19-16(20)18-9-13-10-21-14-6-1-2-7-15(14)22-13/h1-8,13H,9-10H2,(H2,18,19,20)/t13-/m1/s1. The number of hydrogen-bond donors (Lipinski definition) is 2. The highest BCUT2D eigenvalue weighted by Crippen LogP contribution is 2.30. The molecule has 0 fully saturated rings. The average Bonchev–Trinajstić information content (AvgIpc) is 2.53. The Morgan fingerprint density at radius 2 is 2.00 bits per heavy atom. The summed E-state index contributed by atoms with van der Waals surface area (Å²) < 4.78 is 11.4. The molecule has 2 N–H and O–H groups in total. The Kier molecular flexibility index (Phi) is 4.34. The van der Waals surface area contributed by atoms with Gasteiger partial charge in [0, 0.05) is 10.7 Å². The molecule has 0 unspecified atom stereocenters. The van der Waals surface area contributed by atoms with Gasteiger partial charge in [-0.1, -0.05) is 29.8 Å². The van der Waals surface area contributed by atoms with Gasteiger partial charge in [-0.3, -0.25) is 0 Å². The van der Waals surface area contributed by atoms with Gasteiger partial charge in [0.15, 0.2) is 17.6 Å². The predicted molar refractivity (Wildman–Crippen MR) is 84.8 cm³/mol. The number of anilines is 1. The van der Waals surface area contributed by atoms with E-state index in [4.69, 9.17) is 21.1 Å². The molecule has 0 aromatic heterocycles. The van der Waals surface area contributed by atoms with Gasteiger partial charge in [-0.15, -0.1) is 0 Å². The third kappa shape index (κ3) is 3.62. The Hall–Kier alpha value is -2.40. The molecule has 0 radical (unpaired) electrons. The molecule has 2 aromatic rings. The lowest BCUT2D eigenvalue weighted by molar-refractivity contribution is 0.0922. The van der Waals surface area contributed by atoms with Crippen molar-refractivity contribution in [2.45, 2.75) is 6.10 Å². The van der Waals surface area contributed by atoms with E-state index >= 15 is 0 Å². The van der Waals surface area contributed by atoms with E-state index in [9.17, 15) is 4.79 Å². The van der Waals surface area contributed by atoms with Crippen LogP contribution in [0.5, 0.6) is 11.5 Å². The quantitative estimate of drug-likeness (QED) is 0.913. The highest BCUT2D eigenvalue weighted by atomic mass is 35.5. The third-order valence-corrected chi connectivity index (χ3v) is 3.38. The number of hydrogen-bond acceptors (Lipinski definition) is 3. The molecule has 6 heteroatoms. The van der Waals surface area contributed by atoms with Crippen LogP contribution in [0.25, 0.3) is 0 Å². The molecule has 1 aliphatic rings. The van der Waals surface area contributed by atoms with E-state index < -0.39 is 0 Å². The fourth-order valence-corrected chi connectivity index (χ4v) is 2.30. The summed E-state index contributed by atoms with van der Waals surface area (Å²) in [6.07, 6.45) is -0.222. The second-order valence-corrected chi connectivity index (χ2v) is 5.28. The van der Waals surface area contributed by atoms with E-state index in [2.05, 4.69) is 10.6 Å². The molecular formula is C16H15ClN2O3. The summed E-state index contributed by atoms with van der Waals surface area (Å²) in [6.45, 7) is 0.745. The monoisotopic (exact) mass is 318 g/mol. The Bertz CT molecular complexity index is 678. The lowest BCUT2D eigenvalue weighted by atomic mass is 10.2. The maximum Gasteiger partial charge on any atom is 0.319 e. The lowest BCUT2D eigenvalue weighted by Crippen LogP contribution is -2.42. The molecule has 2 aromatic carbocycles. The van der Waals surface area contributed by atoms with Gasteiger partial charge >= 0.3 is 6.03 Å². The lowest BCUT2D eigenvalue weighted by Gasteiger charge is -2.26. The first-order valence-electron chi connectivity index (χ1n) is 6.89. The van der Waals surface area contributed by atoms with Gasteiger partial charge in [0.1, 0.15) is 6.61 Å². The van der Waals surface area contributed by atoms with Crippen LogP contribution < -0.4 is 20.1 Å². The molecule has 0 saturated heterocycles. The number of nitrogens with one attached hydrogen (secondary N) is 2. The van der Waals surface area contributed by atoms with Gasteiger partial charge in [-0.25, -0.2) is 4.79 Å². The minimum absolute atomic E-state index is 0.222. The van der Waals surface area contributed by atoms with Gasteiger partial charge in [0.05, 0.1) is 6.54 Å². The van der Waals surface area contributed by atoms with Gasteiger partial charge in [-0.05, 0) is 30.3 Å². The molecule has 0 saturated carbocycles. The molecule has 22 heavy (non-hydrogen) atoms. The number of amides is 2. The van der Waals surface area contributed by atoms with Crippen LogP contribution in [-0.4, -0.2) is 25.3 Å². The maximum atomic E-state index is 11.9. The van der Waals surface area contributed by atoms with E-state index in [-0.39, 0.29) is 12.1 Å². The zero-order valence-corrected chi connectivity index (χ0v) is 12.5. The molecule has 1 atom stereocenters. The van der Waals surface area contributed by atoms with Crippen molar-refractivity contribution in [2.75, 3.05) is 18.5 Å².